The maximum Gasteiger partial charge on any atom is 0.0689 e. The topological polar surface area (TPSA) is 23.8 Å². The van der Waals surface area contributed by atoms with Crippen LogP contribution in [-0.2, 0) is 0 Å². The van der Waals surface area contributed by atoms with Gasteiger partial charge in [0.25, 0.3) is 0 Å². The number of rotatable bonds is 9. The Morgan fingerprint density at radius 1 is 0.815 bits per heavy atom. The van der Waals surface area contributed by atoms with Gasteiger partial charge in [-0.15, -0.1) is 0 Å². The maximum absolute atomic E-state index is 10.0. The summed E-state index contributed by atoms with van der Waals surface area (Å²) in [5.74, 6) is 4.93. The number of nitrogens with zero attached hydrogens (tertiary/aromatic N) is 1. The zero-order valence-corrected chi connectivity index (χ0v) is 18.4. The summed E-state index contributed by atoms with van der Waals surface area (Å²) in [7, 11) is 0. The molecule has 1 heteroatoms. The second-order valence-electron chi connectivity index (χ2n) is 10.5. The molecule has 0 heterocycles. The number of nitriles is 1. The van der Waals surface area contributed by atoms with Gasteiger partial charge in [0.05, 0.1) is 11.5 Å². The van der Waals surface area contributed by atoms with Crippen molar-refractivity contribution in [2.24, 2.45) is 35.0 Å². The van der Waals surface area contributed by atoms with Gasteiger partial charge in [-0.2, -0.15) is 5.26 Å². The lowest BCUT2D eigenvalue weighted by Crippen LogP contribution is -2.44. The lowest BCUT2D eigenvalue weighted by atomic mass is 9.52. The Morgan fingerprint density at radius 2 is 1.56 bits per heavy atom. The van der Waals surface area contributed by atoms with Crippen molar-refractivity contribution in [1.82, 2.24) is 0 Å². The molecule has 3 saturated carbocycles. The Hall–Kier alpha value is -0.510. The first-order valence-corrected chi connectivity index (χ1v) is 12.6. The quantitative estimate of drug-likeness (QED) is 0.374. The number of fused-ring (bicyclic) bond motifs is 3. The highest BCUT2D eigenvalue weighted by Crippen LogP contribution is 2.57. The monoisotopic (exact) mass is 371 g/mol. The van der Waals surface area contributed by atoms with E-state index >= 15 is 0 Å². The molecule has 0 N–H and O–H groups in total. The van der Waals surface area contributed by atoms with Gasteiger partial charge in [0.15, 0.2) is 0 Å². The molecule has 4 unspecified atom stereocenters. The molecule has 3 fully saturated rings. The van der Waals surface area contributed by atoms with Crippen LogP contribution in [0.15, 0.2) is 0 Å². The minimum atomic E-state index is 0.0408. The van der Waals surface area contributed by atoms with E-state index in [1.54, 1.807) is 0 Å². The average molecular weight is 372 g/mol. The SMILES string of the molecule is CCCCCC[C@]1(C#N)CCC2C(CCC3C[C@H](CCCCC)CCC32)C1. The second-order valence-corrected chi connectivity index (χ2v) is 10.5. The highest BCUT2D eigenvalue weighted by atomic mass is 14.5. The van der Waals surface area contributed by atoms with Gasteiger partial charge in [-0.25, -0.2) is 0 Å². The fourth-order valence-corrected chi connectivity index (χ4v) is 7.24. The normalized spacial score (nSPS) is 38.6. The number of unbranched alkanes of at least 4 members (excludes halogenated alkanes) is 5. The summed E-state index contributed by atoms with van der Waals surface area (Å²) in [6, 6.07) is 2.84. The Balaban J connectivity index is 1.51. The van der Waals surface area contributed by atoms with Gasteiger partial charge in [0.2, 0.25) is 0 Å². The first kappa shape index (κ1) is 21.2. The van der Waals surface area contributed by atoms with E-state index in [9.17, 15) is 5.26 Å². The summed E-state index contributed by atoms with van der Waals surface area (Å²) in [6.07, 6.45) is 23.5. The van der Waals surface area contributed by atoms with Gasteiger partial charge in [0.1, 0.15) is 0 Å². The van der Waals surface area contributed by atoms with Crippen LogP contribution in [0, 0.1) is 46.3 Å². The van der Waals surface area contributed by atoms with Crippen LogP contribution >= 0.6 is 0 Å². The maximum atomic E-state index is 10.0. The standard InChI is InChI=1S/C26H45N/c1-3-5-7-9-16-26(20-27)17-15-25-23(19-26)13-12-22-18-21(10-8-6-4-2)11-14-24(22)25/h21-25H,3-19H2,1-2H3/t21-,22?,23?,24?,25?,26+/m1/s1. The summed E-state index contributed by atoms with van der Waals surface area (Å²) < 4.78 is 0. The van der Waals surface area contributed by atoms with E-state index in [2.05, 4.69) is 19.9 Å². The molecule has 0 amide bonds. The zero-order chi connectivity index (χ0) is 19.1. The van der Waals surface area contributed by atoms with E-state index in [0.717, 1.165) is 29.6 Å². The molecule has 1 nitrogen and oxygen atoms in total. The van der Waals surface area contributed by atoms with Crippen LogP contribution in [0.5, 0.6) is 0 Å². The van der Waals surface area contributed by atoms with Crippen LogP contribution in [0.2, 0.25) is 0 Å². The molecule has 0 spiro atoms. The molecule has 3 rings (SSSR count). The molecule has 0 radical (unpaired) electrons. The second kappa shape index (κ2) is 10.3. The van der Waals surface area contributed by atoms with E-state index in [0.29, 0.717) is 0 Å². The molecule has 0 aromatic carbocycles. The van der Waals surface area contributed by atoms with Gasteiger partial charge >= 0.3 is 0 Å². The van der Waals surface area contributed by atoms with Crippen molar-refractivity contribution < 1.29 is 0 Å². The molecule has 154 valence electrons. The summed E-state index contributed by atoms with van der Waals surface area (Å²) in [4.78, 5) is 0. The summed E-state index contributed by atoms with van der Waals surface area (Å²) >= 11 is 0. The van der Waals surface area contributed by atoms with E-state index in [1.165, 1.54) is 109 Å². The van der Waals surface area contributed by atoms with Crippen LogP contribution < -0.4 is 0 Å². The van der Waals surface area contributed by atoms with Crippen LogP contribution in [0.3, 0.4) is 0 Å². The highest BCUT2D eigenvalue weighted by molar-refractivity contribution is 5.06. The fourth-order valence-electron chi connectivity index (χ4n) is 7.24. The molecule has 0 aliphatic heterocycles. The minimum absolute atomic E-state index is 0.0408. The van der Waals surface area contributed by atoms with Crippen molar-refractivity contribution in [1.29, 1.82) is 5.26 Å². The van der Waals surface area contributed by atoms with Crippen LogP contribution in [-0.4, -0.2) is 0 Å². The molecular weight excluding hydrogens is 326 g/mol. The van der Waals surface area contributed by atoms with Crippen molar-refractivity contribution >= 4 is 0 Å². The lowest BCUT2D eigenvalue weighted by molar-refractivity contribution is -0.0181. The average Bonchev–Trinajstić information content (AvgIpc) is 2.71. The Kier molecular flexibility index (Phi) is 8.10. The molecule has 3 aliphatic rings. The predicted octanol–water partition coefficient (Wildman–Crippen LogP) is 8.29. The largest absolute Gasteiger partial charge is 0.198 e. The van der Waals surface area contributed by atoms with Crippen LogP contribution in [0.4, 0.5) is 0 Å². The third-order valence-corrected chi connectivity index (χ3v) is 8.78. The highest BCUT2D eigenvalue weighted by Gasteiger charge is 2.48. The van der Waals surface area contributed by atoms with Crippen molar-refractivity contribution in [2.75, 3.05) is 0 Å². The smallest absolute Gasteiger partial charge is 0.0689 e. The van der Waals surface area contributed by atoms with Gasteiger partial charge in [0, 0.05) is 0 Å². The molecule has 6 atom stereocenters. The molecule has 0 aromatic heterocycles. The van der Waals surface area contributed by atoms with E-state index in [-0.39, 0.29) is 5.41 Å². The summed E-state index contributed by atoms with van der Waals surface area (Å²) in [5, 5.41) is 10.0. The Bertz CT molecular complexity index is 477. The minimum Gasteiger partial charge on any atom is -0.198 e. The van der Waals surface area contributed by atoms with E-state index < -0.39 is 0 Å². The first-order chi connectivity index (χ1) is 13.2. The predicted molar refractivity (Wildman–Crippen MR) is 115 cm³/mol. The molecular formula is C26H45N. The fraction of sp³-hybridized carbons (Fsp3) is 0.962. The zero-order valence-electron chi connectivity index (χ0n) is 18.4. The van der Waals surface area contributed by atoms with Gasteiger partial charge in [-0.3, -0.25) is 0 Å². The van der Waals surface area contributed by atoms with Gasteiger partial charge in [-0.05, 0) is 81.0 Å². The van der Waals surface area contributed by atoms with E-state index in [1.807, 2.05) is 0 Å². The number of hydrogen-bond donors (Lipinski definition) is 0. The summed E-state index contributed by atoms with van der Waals surface area (Å²) in [5.41, 5.74) is 0.0408. The van der Waals surface area contributed by atoms with Crippen LogP contribution in [0.25, 0.3) is 0 Å². The molecule has 0 saturated heterocycles. The first-order valence-electron chi connectivity index (χ1n) is 12.6. The van der Waals surface area contributed by atoms with Crippen molar-refractivity contribution in [3.05, 3.63) is 0 Å². The van der Waals surface area contributed by atoms with Crippen molar-refractivity contribution in [3.8, 4) is 6.07 Å². The lowest BCUT2D eigenvalue weighted by Gasteiger charge is -2.52. The molecule has 0 bridgehead atoms. The van der Waals surface area contributed by atoms with Gasteiger partial charge < -0.3 is 0 Å². The molecule has 3 aliphatic carbocycles. The molecule has 0 aromatic rings. The Labute approximate surface area is 169 Å². The number of hydrogen-bond acceptors (Lipinski definition) is 1. The van der Waals surface area contributed by atoms with Crippen molar-refractivity contribution in [2.45, 2.75) is 123 Å². The van der Waals surface area contributed by atoms with E-state index in [4.69, 9.17) is 0 Å². The summed E-state index contributed by atoms with van der Waals surface area (Å²) in [6.45, 7) is 4.61. The third kappa shape index (κ3) is 5.31. The third-order valence-electron chi connectivity index (χ3n) is 8.78. The van der Waals surface area contributed by atoms with Gasteiger partial charge in [-0.1, -0.05) is 71.6 Å². The van der Waals surface area contributed by atoms with Crippen LogP contribution in [0.1, 0.15) is 123 Å². The molecule has 27 heavy (non-hydrogen) atoms. The Morgan fingerprint density at radius 3 is 2.33 bits per heavy atom. The van der Waals surface area contributed by atoms with Crippen molar-refractivity contribution in [3.63, 3.8) is 0 Å².